The van der Waals surface area contributed by atoms with Gasteiger partial charge in [0.1, 0.15) is 23.4 Å². The lowest BCUT2D eigenvalue weighted by Crippen LogP contribution is -2.20. The molecule has 0 spiro atoms. The number of fused-ring (bicyclic) bond motifs is 1. The molecule has 2 aromatic carbocycles. The second-order valence-corrected chi connectivity index (χ2v) is 5.36. The third-order valence-corrected chi connectivity index (χ3v) is 3.83. The van der Waals surface area contributed by atoms with Gasteiger partial charge in [0.05, 0.1) is 13.2 Å². The Balaban J connectivity index is 1.98. The number of ether oxygens (including phenoxy) is 2. The Kier molecular flexibility index (Phi) is 3.74. The van der Waals surface area contributed by atoms with Gasteiger partial charge in [-0.05, 0) is 30.3 Å². The van der Waals surface area contributed by atoms with Gasteiger partial charge >= 0.3 is 0 Å². The van der Waals surface area contributed by atoms with Gasteiger partial charge in [0.2, 0.25) is 0 Å². The third kappa shape index (κ3) is 2.69. The number of benzene rings is 2. The molecule has 0 aromatic heterocycles. The number of halogens is 2. The molecule has 1 heterocycles. The van der Waals surface area contributed by atoms with Crippen molar-refractivity contribution in [1.29, 1.82) is 0 Å². The molecule has 5 heteroatoms. The molecule has 110 valence electrons. The van der Waals surface area contributed by atoms with Gasteiger partial charge in [0.25, 0.3) is 0 Å². The van der Waals surface area contributed by atoms with Crippen LogP contribution in [0, 0.1) is 5.82 Å². The minimum Gasteiger partial charge on any atom is -0.497 e. The molecule has 1 N–H and O–H groups in total. The second-order valence-electron chi connectivity index (χ2n) is 4.93. The van der Waals surface area contributed by atoms with Gasteiger partial charge in [-0.3, -0.25) is 0 Å². The zero-order chi connectivity index (χ0) is 15.0. The molecule has 3 nitrogen and oxygen atoms in total. The topological polar surface area (TPSA) is 38.7 Å². The molecule has 0 amide bonds. The summed E-state index contributed by atoms with van der Waals surface area (Å²) in [5.74, 6) is 0.716. The molecular weight excluding hydrogens is 295 g/mol. The van der Waals surface area contributed by atoms with Crippen LogP contribution in [0.5, 0.6) is 11.5 Å². The average Bonchev–Trinajstić information content (AvgIpc) is 2.49. The molecule has 0 fully saturated rings. The quantitative estimate of drug-likeness (QED) is 0.910. The highest BCUT2D eigenvalue weighted by molar-refractivity contribution is 6.30. The molecular formula is C16H14ClFO3. The molecule has 0 bridgehead atoms. The third-order valence-electron chi connectivity index (χ3n) is 3.59. The van der Waals surface area contributed by atoms with Crippen molar-refractivity contribution in [3.8, 4) is 11.5 Å². The van der Waals surface area contributed by atoms with Crippen LogP contribution >= 0.6 is 11.6 Å². The smallest absolute Gasteiger partial charge is 0.130 e. The van der Waals surface area contributed by atoms with Gasteiger partial charge in [-0.2, -0.15) is 0 Å². The van der Waals surface area contributed by atoms with Crippen LogP contribution in [0.4, 0.5) is 4.39 Å². The van der Waals surface area contributed by atoms with E-state index in [2.05, 4.69) is 0 Å². The minimum absolute atomic E-state index is 0.274. The molecule has 3 rings (SSSR count). The Labute approximate surface area is 126 Å². The number of aliphatic hydroxyl groups excluding tert-OH is 1. The summed E-state index contributed by atoms with van der Waals surface area (Å²) in [5.41, 5.74) is 1.02. The number of aliphatic hydroxyl groups is 1. The number of hydrogen-bond acceptors (Lipinski definition) is 3. The van der Waals surface area contributed by atoms with Crippen molar-refractivity contribution in [2.75, 3.05) is 7.11 Å². The Morgan fingerprint density at radius 2 is 2.05 bits per heavy atom. The highest BCUT2D eigenvalue weighted by Crippen LogP contribution is 2.43. The van der Waals surface area contributed by atoms with Crippen molar-refractivity contribution in [3.63, 3.8) is 0 Å². The SMILES string of the molecule is COc1ccc2c(c1)OC(c1cc(Cl)ccc1F)C[C@H]2O. The summed E-state index contributed by atoms with van der Waals surface area (Å²) in [6, 6.07) is 9.51. The first-order valence-corrected chi connectivity index (χ1v) is 6.94. The maximum absolute atomic E-state index is 14.0. The van der Waals surface area contributed by atoms with Crippen LogP contribution in [0.25, 0.3) is 0 Å². The van der Waals surface area contributed by atoms with Crippen molar-refractivity contribution in [2.24, 2.45) is 0 Å². The van der Waals surface area contributed by atoms with Crippen LogP contribution in [-0.2, 0) is 0 Å². The summed E-state index contributed by atoms with van der Waals surface area (Å²) in [6.45, 7) is 0. The summed E-state index contributed by atoms with van der Waals surface area (Å²) in [5, 5.41) is 10.7. The molecule has 2 aromatic rings. The van der Waals surface area contributed by atoms with Crippen LogP contribution in [0.1, 0.15) is 29.8 Å². The van der Waals surface area contributed by atoms with Crippen LogP contribution in [0.15, 0.2) is 36.4 Å². The fourth-order valence-electron chi connectivity index (χ4n) is 2.50. The van der Waals surface area contributed by atoms with Gasteiger partial charge in [-0.25, -0.2) is 4.39 Å². The Morgan fingerprint density at radius 3 is 2.81 bits per heavy atom. The predicted octanol–water partition coefficient (Wildman–Crippen LogP) is 4.04. The first-order valence-electron chi connectivity index (χ1n) is 6.56. The van der Waals surface area contributed by atoms with Gasteiger partial charge in [0, 0.05) is 28.6 Å². The highest BCUT2D eigenvalue weighted by Gasteiger charge is 2.30. The van der Waals surface area contributed by atoms with E-state index in [1.54, 1.807) is 25.3 Å². The van der Waals surface area contributed by atoms with Crippen molar-refractivity contribution < 1.29 is 19.0 Å². The predicted molar refractivity (Wildman–Crippen MR) is 77.3 cm³/mol. The van der Waals surface area contributed by atoms with Gasteiger partial charge in [-0.1, -0.05) is 11.6 Å². The molecule has 2 atom stereocenters. The van der Waals surface area contributed by atoms with Crippen molar-refractivity contribution >= 4 is 11.6 Å². The fourth-order valence-corrected chi connectivity index (χ4v) is 2.68. The fraction of sp³-hybridized carbons (Fsp3) is 0.250. The lowest BCUT2D eigenvalue weighted by atomic mass is 9.94. The van der Waals surface area contributed by atoms with E-state index < -0.39 is 18.0 Å². The summed E-state index contributed by atoms with van der Waals surface area (Å²) >= 11 is 5.92. The summed E-state index contributed by atoms with van der Waals surface area (Å²) in [6.07, 6.45) is -1.03. The monoisotopic (exact) mass is 308 g/mol. The molecule has 21 heavy (non-hydrogen) atoms. The van der Waals surface area contributed by atoms with Crippen LogP contribution in [0.2, 0.25) is 5.02 Å². The normalized spacial score (nSPS) is 20.6. The molecule has 1 aliphatic heterocycles. The maximum Gasteiger partial charge on any atom is 0.130 e. The number of hydrogen-bond donors (Lipinski definition) is 1. The Hall–Kier alpha value is -1.78. The van der Waals surface area contributed by atoms with E-state index in [-0.39, 0.29) is 6.42 Å². The first kappa shape index (κ1) is 14.2. The van der Waals surface area contributed by atoms with Crippen LogP contribution in [0.3, 0.4) is 0 Å². The molecule has 0 radical (unpaired) electrons. The zero-order valence-corrected chi connectivity index (χ0v) is 12.1. The van der Waals surface area contributed by atoms with Crippen molar-refractivity contribution in [3.05, 3.63) is 58.4 Å². The molecule has 1 unspecified atom stereocenters. The first-order chi connectivity index (χ1) is 10.1. The lowest BCUT2D eigenvalue weighted by Gasteiger charge is -2.30. The van der Waals surface area contributed by atoms with E-state index in [9.17, 15) is 9.50 Å². The Bertz CT molecular complexity index is 675. The largest absolute Gasteiger partial charge is 0.497 e. The minimum atomic E-state index is -0.719. The number of rotatable bonds is 2. The van der Waals surface area contributed by atoms with Gasteiger partial charge in [0.15, 0.2) is 0 Å². The van der Waals surface area contributed by atoms with E-state index in [4.69, 9.17) is 21.1 Å². The summed E-state index contributed by atoms with van der Waals surface area (Å²) in [7, 11) is 1.55. The van der Waals surface area contributed by atoms with Crippen LogP contribution < -0.4 is 9.47 Å². The summed E-state index contributed by atoms with van der Waals surface area (Å²) in [4.78, 5) is 0. The van der Waals surface area contributed by atoms with E-state index >= 15 is 0 Å². The lowest BCUT2D eigenvalue weighted by molar-refractivity contribution is 0.0638. The molecule has 0 saturated heterocycles. The molecule has 1 aliphatic rings. The van der Waals surface area contributed by atoms with E-state index in [0.29, 0.717) is 27.6 Å². The summed E-state index contributed by atoms with van der Waals surface area (Å²) < 4.78 is 24.9. The van der Waals surface area contributed by atoms with E-state index in [0.717, 1.165) is 0 Å². The van der Waals surface area contributed by atoms with Gasteiger partial charge in [-0.15, -0.1) is 0 Å². The average molecular weight is 309 g/mol. The van der Waals surface area contributed by atoms with Crippen LogP contribution in [-0.4, -0.2) is 12.2 Å². The van der Waals surface area contributed by atoms with Crippen molar-refractivity contribution in [1.82, 2.24) is 0 Å². The maximum atomic E-state index is 14.0. The zero-order valence-electron chi connectivity index (χ0n) is 11.3. The second kappa shape index (κ2) is 5.54. The number of methoxy groups -OCH3 is 1. The standard InChI is InChI=1S/C16H14ClFO3/c1-20-10-3-4-11-14(19)8-16(21-15(11)7-10)12-6-9(17)2-5-13(12)18/h2-7,14,16,19H,8H2,1H3/t14-,16?/m1/s1. The van der Waals surface area contributed by atoms with E-state index in [1.165, 1.54) is 18.2 Å². The van der Waals surface area contributed by atoms with Crippen molar-refractivity contribution in [2.45, 2.75) is 18.6 Å². The van der Waals surface area contributed by atoms with Gasteiger partial charge < -0.3 is 14.6 Å². The highest BCUT2D eigenvalue weighted by atomic mass is 35.5. The Morgan fingerprint density at radius 1 is 1.24 bits per heavy atom. The van der Waals surface area contributed by atoms with E-state index in [1.807, 2.05) is 0 Å². The molecule has 0 aliphatic carbocycles. The molecule has 0 saturated carbocycles.